The van der Waals surface area contributed by atoms with Crippen molar-refractivity contribution in [2.45, 2.75) is 6.61 Å². The summed E-state index contributed by atoms with van der Waals surface area (Å²) in [5.74, 6) is 0.126. The summed E-state index contributed by atoms with van der Waals surface area (Å²) in [6.07, 6.45) is 1.34. The topological polar surface area (TPSA) is 114 Å². The third-order valence-corrected chi connectivity index (χ3v) is 5.16. The monoisotopic (exact) mass is 527 g/mol. The van der Waals surface area contributed by atoms with Crippen LogP contribution in [0.15, 0.2) is 60.2 Å². The van der Waals surface area contributed by atoms with Gasteiger partial charge in [-0.25, -0.2) is 4.79 Å². The van der Waals surface area contributed by atoms with E-state index in [1.54, 1.807) is 18.2 Å². The minimum absolute atomic E-state index is 0.263. The third-order valence-electron chi connectivity index (χ3n) is 4.36. The summed E-state index contributed by atoms with van der Waals surface area (Å²) in [4.78, 5) is 22.7. The lowest BCUT2D eigenvalue weighted by molar-refractivity contribution is -0.115. The summed E-state index contributed by atoms with van der Waals surface area (Å²) in [7, 11) is 1.51. The number of nitriles is 1. The molecular weight excluding hydrogens is 509 g/mol. The van der Waals surface area contributed by atoms with Gasteiger partial charge in [-0.15, -0.1) is 0 Å². The largest absolute Gasteiger partial charge is 0.493 e. The van der Waals surface area contributed by atoms with Crippen molar-refractivity contribution in [2.24, 2.45) is 5.73 Å². The Morgan fingerprint density at radius 1 is 1.16 bits per heavy atom. The molecule has 0 saturated carbocycles. The lowest BCUT2D eigenvalue weighted by Gasteiger charge is -2.14. The number of halogens is 1. The van der Waals surface area contributed by atoms with Gasteiger partial charge >= 0.3 is 6.03 Å². The predicted molar refractivity (Wildman–Crippen MR) is 125 cm³/mol. The molecule has 0 radical (unpaired) electrons. The number of primary amides is 1. The first-order valence-electron chi connectivity index (χ1n) is 9.12. The number of methoxy groups -OCH3 is 1. The molecule has 3 aromatic carbocycles. The van der Waals surface area contributed by atoms with E-state index in [4.69, 9.17) is 15.2 Å². The molecule has 0 aliphatic rings. The van der Waals surface area contributed by atoms with E-state index in [0.29, 0.717) is 23.7 Å². The van der Waals surface area contributed by atoms with Crippen LogP contribution in [0.2, 0.25) is 0 Å². The maximum atomic E-state index is 11.9. The van der Waals surface area contributed by atoms with Crippen LogP contribution >= 0.6 is 22.6 Å². The molecule has 0 aliphatic heterocycles. The number of hydrogen-bond donors (Lipinski definition) is 2. The molecule has 0 saturated heterocycles. The Morgan fingerprint density at radius 3 is 2.58 bits per heavy atom. The van der Waals surface area contributed by atoms with Gasteiger partial charge in [-0.2, -0.15) is 5.26 Å². The summed E-state index contributed by atoms with van der Waals surface area (Å²) in [5, 5.41) is 13.4. The van der Waals surface area contributed by atoms with Crippen molar-refractivity contribution in [2.75, 3.05) is 7.11 Å². The van der Waals surface area contributed by atoms with Crippen LogP contribution in [0.3, 0.4) is 0 Å². The molecule has 7 nitrogen and oxygen atoms in total. The predicted octanol–water partition coefficient (Wildman–Crippen LogP) is 4.13. The second kappa shape index (κ2) is 9.95. The van der Waals surface area contributed by atoms with Gasteiger partial charge in [0.15, 0.2) is 11.5 Å². The van der Waals surface area contributed by atoms with Crippen LogP contribution in [0, 0.1) is 14.9 Å². The lowest BCUT2D eigenvalue weighted by atomic mass is 10.1. The smallest absolute Gasteiger partial charge is 0.319 e. The molecule has 0 heterocycles. The summed E-state index contributed by atoms with van der Waals surface area (Å²) in [6, 6.07) is 18.3. The van der Waals surface area contributed by atoms with Crippen LogP contribution in [0.4, 0.5) is 4.79 Å². The van der Waals surface area contributed by atoms with Gasteiger partial charge in [0.05, 0.1) is 10.7 Å². The maximum absolute atomic E-state index is 11.9. The highest BCUT2D eigenvalue weighted by Crippen LogP contribution is 2.35. The molecule has 8 heteroatoms. The van der Waals surface area contributed by atoms with Gasteiger partial charge in [0, 0.05) is 0 Å². The third kappa shape index (κ3) is 5.52. The molecule has 3 rings (SSSR count). The Hall–Kier alpha value is -3.58. The fraction of sp³-hybridized carbons (Fsp3) is 0.0870. The summed E-state index contributed by atoms with van der Waals surface area (Å²) < 4.78 is 12.2. The van der Waals surface area contributed by atoms with E-state index in [1.807, 2.05) is 35.6 Å². The van der Waals surface area contributed by atoms with Gasteiger partial charge in [0.2, 0.25) is 0 Å². The van der Waals surface area contributed by atoms with Gasteiger partial charge in [-0.05, 0) is 68.8 Å². The van der Waals surface area contributed by atoms with E-state index in [2.05, 4.69) is 34.7 Å². The first kappa shape index (κ1) is 22.1. The first-order valence-corrected chi connectivity index (χ1v) is 10.2. The molecule has 3 aromatic rings. The highest BCUT2D eigenvalue weighted by Gasteiger charge is 2.15. The fourth-order valence-electron chi connectivity index (χ4n) is 2.94. The molecule has 0 atom stereocenters. The van der Waals surface area contributed by atoms with Crippen molar-refractivity contribution in [1.82, 2.24) is 5.32 Å². The normalized spacial score (nSPS) is 10.9. The Balaban J connectivity index is 1.84. The van der Waals surface area contributed by atoms with E-state index in [0.717, 1.165) is 19.9 Å². The SMILES string of the molecule is COc1cc(/C=C(/C#N)C(=O)NC(N)=O)cc(I)c1OCc1ccc2ccccc2c1. The van der Waals surface area contributed by atoms with Crippen molar-refractivity contribution in [3.8, 4) is 17.6 Å². The van der Waals surface area contributed by atoms with Gasteiger partial charge in [0.1, 0.15) is 18.2 Å². The number of nitrogens with zero attached hydrogens (tertiary/aromatic N) is 1. The lowest BCUT2D eigenvalue weighted by Crippen LogP contribution is -2.35. The number of urea groups is 1. The second-order valence-electron chi connectivity index (χ2n) is 6.49. The van der Waals surface area contributed by atoms with Gasteiger partial charge in [-0.3, -0.25) is 10.1 Å². The number of carbonyl (C=O) groups excluding carboxylic acids is 2. The van der Waals surface area contributed by atoms with Crippen LogP contribution in [0.5, 0.6) is 11.5 Å². The maximum Gasteiger partial charge on any atom is 0.319 e. The van der Waals surface area contributed by atoms with Crippen LogP contribution in [-0.2, 0) is 11.4 Å². The van der Waals surface area contributed by atoms with E-state index >= 15 is 0 Å². The number of ether oxygens (including phenoxy) is 2. The highest BCUT2D eigenvalue weighted by atomic mass is 127. The van der Waals surface area contributed by atoms with Crippen molar-refractivity contribution in [3.63, 3.8) is 0 Å². The van der Waals surface area contributed by atoms with Gasteiger partial charge in [-0.1, -0.05) is 36.4 Å². The van der Waals surface area contributed by atoms with Crippen molar-refractivity contribution < 1.29 is 19.1 Å². The fourth-order valence-corrected chi connectivity index (χ4v) is 3.72. The number of carbonyl (C=O) groups is 2. The van der Waals surface area contributed by atoms with Gasteiger partial charge in [0.25, 0.3) is 5.91 Å². The molecule has 156 valence electrons. The van der Waals surface area contributed by atoms with Gasteiger partial charge < -0.3 is 15.2 Å². The van der Waals surface area contributed by atoms with E-state index in [-0.39, 0.29) is 5.57 Å². The molecule has 0 aliphatic carbocycles. The van der Waals surface area contributed by atoms with Crippen molar-refractivity contribution in [1.29, 1.82) is 5.26 Å². The van der Waals surface area contributed by atoms with Crippen LogP contribution in [0.25, 0.3) is 16.8 Å². The first-order chi connectivity index (χ1) is 14.9. The Bertz CT molecular complexity index is 1230. The minimum Gasteiger partial charge on any atom is -0.493 e. The molecule has 31 heavy (non-hydrogen) atoms. The number of nitrogens with two attached hydrogens (primary N) is 1. The highest BCUT2D eigenvalue weighted by molar-refractivity contribution is 14.1. The van der Waals surface area contributed by atoms with Crippen molar-refractivity contribution in [3.05, 3.63) is 74.9 Å². The summed E-state index contributed by atoms with van der Waals surface area (Å²) >= 11 is 2.10. The second-order valence-corrected chi connectivity index (χ2v) is 7.65. The Labute approximate surface area is 192 Å². The standard InChI is InChI=1S/C23H18IN3O4/c1-30-20-11-15(9-18(12-25)22(28)27-23(26)29)10-19(24)21(20)31-13-14-6-7-16-4-2-3-5-17(16)8-14/h2-11H,13H2,1H3,(H3,26,27,28,29)/b18-9-. The number of rotatable bonds is 6. The zero-order valence-corrected chi connectivity index (χ0v) is 18.7. The van der Waals surface area contributed by atoms with Crippen LogP contribution in [-0.4, -0.2) is 19.0 Å². The molecule has 0 spiro atoms. The number of nitrogens with one attached hydrogen (secondary N) is 1. The number of imide groups is 1. The number of benzene rings is 3. The molecule has 0 unspecified atom stereocenters. The van der Waals surface area contributed by atoms with Crippen LogP contribution in [0.1, 0.15) is 11.1 Å². The minimum atomic E-state index is -1.03. The molecular formula is C23H18IN3O4. The molecule has 0 aromatic heterocycles. The molecule has 0 fully saturated rings. The van der Waals surface area contributed by atoms with E-state index in [9.17, 15) is 14.9 Å². The average Bonchev–Trinajstić information content (AvgIpc) is 2.75. The average molecular weight is 527 g/mol. The zero-order chi connectivity index (χ0) is 22.4. The Morgan fingerprint density at radius 2 is 1.90 bits per heavy atom. The quantitative estimate of drug-likeness (QED) is 0.284. The molecule has 3 amide bonds. The number of amides is 3. The van der Waals surface area contributed by atoms with Crippen molar-refractivity contribution >= 4 is 51.4 Å². The Kier molecular flexibility index (Phi) is 7.10. The number of fused-ring (bicyclic) bond motifs is 1. The molecule has 3 N–H and O–H groups in total. The van der Waals surface area contributed by atoms with E-state index in [1.165, 1.54) is 13.2 Å². The number of hydrogen-bond acceptors (Lipinski definition) is 5. The summed E-state index contributed by atoms with van der Waals surface area (Å²) in [5.41, 5.74) is 6.22. The molecule has 0 bridgehead atoms. The summed E-state index contributed by atoms with van der Waals surface area (Å²) in [6.45, 7) is 0.344. The van der Waals surface area contributed by atoms with Crippen LogP contribution < -0.4 is 20.5 Å². The van der Waals surface area contributed by atoms with E-state index < -0.39 is 11.9 Å². The zero-order valence-electron chi connectivity index (χ0n) is 16.5.